The Bertz CT molecular complexity index is 350. The van der Waals surface area contributed by atoms with Crippen molar-refractivity contribution in [1.29, 1.82) is 0 Å². The van der Waals surface area contributed by atoms with E-state index in [1.807, 2.05) is 41.5 Å². The summed E-state index contributed by atoms with van der Waals surface area (Å²) in [5, 5.41) is 0. The topological polar surface area (TPSA) is 83.1 Å². The summed E-state index contributed by atoms with van der Waals surface area (Å²) < 4.78 is 49.4. The Hall–Kier alpha value is 0.291. The maximum atomic E-state index is 5.65. The smallest absolute Gasteiger partial charge is 0.377 e. The molecule has 0 aliphatic heterocycles. The van der Waals surface area contributed by atoms with Gasteiger partial charge >= 0.3 is 26.4 Å². The maximum absolute atomic E-state index is 5.65. The number of hydrogen-bond acceptors (Lipinski definition) is 9. The zero-order chi connectivity index (χ0) is 28.3. The Morgan fingerprint density at radius 2 is 0.528 bits per heavy atom. The average Bonchev–Trinajstić information content (AvgIpc) is 2.85. The van der Waals surface area contributed by atoms with Crippen LogP contribution in [0.5, 0.6) is 0 Å². The highest BCUT2D eigenvalue weighted by molar-refractivity contribution is 6.61. The van der Waals surface area contributed by atoms with Gasteiger partial charge in [0.05, 0.1) is 0 Å². The molecule has 0 saturated heterocycles. The van der Waals surface area contributed by atoms with Crippen LogP contribution in [0.15, 0.2) is 0 Å². The third-order valence-electron chi connectivity index (χ3n) is 4.79. The molecule has 0 spiro atoms. The molecule has 0 aromatic rings. The summed E-state index contributed by atoms with van der Waals surface area (Å²) in [5.41, 5.74) is 0. The van der Waals surface area contributed by atoms with Gasteiger partial charge in [0.15, 0.2) is 0 Å². The summed E-state index contributed by atoms with van der Waals surface area (Å²) in [5.74, 6) is 0. The summed E-state index contributed by atoms with van der Waals surface area (Å²) in [6, 6.07) is 2.72. The average molecular weight is 577 g/mol. The first-order valence-electron chi connectivity index (χ1n) is 13.7. The minimum absolute atomic E-state index is 0.673. The summed E-state index contributed by atoms with van der Waals surface area (Å²) in [6.07, 6.45) is 3.13. The predicted octanol–water partition coefficient (Wildman–Crippen LogP) is 6.16. The first-order chi connectivity index (χ1) is 17.2. The molecule has 0 aliphatic rings. The molecular weight excluding hydrogens is 517 g/mol. The lowest BCUT2D eigenvalue weighted by molar-refractivity contribution is 0.0703. The van der Waals surface area contributed by atoms with Crippen molar-refractivity contribution in [2.24, 2.45) is 0 Å². The summed E-state index contributed by atoms with van der Waals surface area (Å²) in [4.78, 5) is 0. The van der Waals surface area contributed by atoms with Crippen molar-refractivity contribution < 1.29 is 39.8 Å². The molecule has 0 rings (SSSR count). The van der Waals surface area contributed by atoms with Gasteiger partial charge in [-0.05, 0) is 41.5 Å². The molecule has 0 radical (unpaired) electrons. The highest BCUT2D eigenvalue weighted by Crippen LogP contribution is 2.18. The van der Waals surface area contributed by atoms with Gasteiger partial charge in [0, 0.05) is 79.1 Å². The summed E-state index contributed by atoms with van der Waals surface area (Å²) in [7, 11) is -1.91. The lowest BCUT2D eigenvalue weighted by atomic mass is 10.6. The van der Waals surface area contributed by atoms with E-state index < -0.39 is 26.4 Å². The molecule has 222 valence electrons. The van der Waals surface area contributed by atoms with Crippen LogP contribution in [0.2, 0.25) is 18.1 Å². The van der Waals surface area contributed by atoms with Crippen LogP contribution in [0.4, 0.5) is 0 Å². The molecule has 0 amide bonds. The molecule has 9 nitrogen and oxygen atoms in total. The van der Waals surface area contributed by atoms with E-state index in [1.54, 1.807) is 21.3 Å². The monoisotopic (exact) mass is 576 g/mol. The lowest BCUT2D eigenvalue weighted by Crippen LogP contribution is -2.45. The molecule has 0 unspecified atom stereocenters. The molecule has 0 N–H and O–H groups in total. The van der Waals surface area contributed by atoms with E-state index in [0.29, 0.717) is 39.6 Å². The van der Waals surface area contributed by atoms with Gasteiger partial charge in [-0.25, -0.2) is 0 Å². The molecule has 0 bridgehead atoms. The third kappa shape index (κ3) is 18.5. The summed E-state index contributed by atoms with van der Waals surface area (Å²) in [6.45, 7) is 22.3. The fourth-order valence-corrected chi connectivity index (χ4v) is 10.4. The molecule has 0 atom stereocenters. The first-order valence-corrected chi connectivity index (χ1v) is 19.5. The summed E-state index contributed by atoms with van der Waals surface area (Å²) >= 11 is 0. The van der Waals surface area contributed by atoms with Crippen LogP contribution in [0.1, 0.15) is 81.6 Å². The van der Waals surface area contributed by atoms with Crippen molar-refractivity contribution in [2.45, 2.75) is 99.7 Å². The molecular formula is C24H60O9Si3. The van der Waals surface area contributed by atoms with Crippen molar-refractivity contribution >= 4 is 26.4 Å². The van der Waals surface area contributed by atoms with Crippen LogP contribution in [0, 0.1) is 0 Å². The Morgan fingerprint density at radius 1 is 0.333 bits per heavy atom. The zero-order valence-electron chi connectivity index (χ0n) is 25.7. The van der Waals surface area contributed by atoms with Crippen LogP contribution in [-0.2, 0) is 39.8 Å². The van der Waals surface area contributed by atoms with E-state index in [-0.39, 0.29) is 0 Å². The van der Waals surface area contributed by atoms with Crippen molar-refractivity contribution in [3.8, 4) is 0 Å². The Labute approximate surface area is 226 Å². The normalized spacial score (nSPS) is 12.0. The fraction of sp³-hybridized carbons (Fsp3) is 1.00. The quantitative estimate of drug-likeness (QED) is 0.149. The van der Waals surface area contributed by atoms with E-state index in [0.717, 1.165) is 37.4 Å². The number of rotatable bonds is 21. The molecule has 0 aromatic heterocycles. The minimum Gasteiger partial charge on any atom is -0.377 e. The van der Waals surface area contributed by atoms with Crippen LogP contribution in [-0.4, -0.2) is 87.4 Å². The molecule has 0 aromatic carbocycles. The molecule has 12 heteroatoms. The van der Waals surface area contributed by atoms with Crippen LogP contribution < -0.4 is 0 Å². The van der Waals surface area contributed by atoms with E-state index in [4.69, 9.17) is 39.8 Å². The Balaban J connectivity index is -0.000000459. The maximum Gasteiger partial charge on any atom is 0.500 e. The molecule has 0 aliphatic carbocycles. The predicted molar refractivity (Wildman–Crippen MR) is 153 cm³/mol. The van der Waals surface area contributed by atoms with E-state index >= 15 is 0 Å². The van der Waals surface area contributed by atoms with Gasteiger partial charge in [-0.15, -0.1) is 0 Å². The van der Waals surface area contributed by atoms with E-state index in [2.05, 4.69) is 20.8 Å². The number of hydrogen-bond donors (Lipinski definition) is 0. The van der Waals surface area contributed by atoms with Gasteiger partial charge in [0.2, 0.25) is 0 Å². The zero-order valence-corrected chi connectivity index (χ0v) is 28.7. The first kappa shape index (κ1) is 40.8. The van der Waals surface area contributed by atoms with Gasteiger partial charge in [0.1, 0.15) is 0 Å². The molecule has 0 heterocycles. The second-order valence-corrected chi connectivity index (χ2v) is 16.1. The van der Waals surface area contributed by atoms with Crippen molar-refractivity contribution in [1.82, 2.24) is 0 Å². The molecule has 36 heavy (non-hydrogen) atoms. The van der Waals surface area contributed by atoms with E-state index in [1.165, 1.54) is 0 Å². The van der Waals surface area contributed by atoms with Gasteiger partial charge in [-0.3, -0.25) is 0 Å². The van der Waals surface area contributed by atoms with E-state index in [9.17, 15) is 0 Å². The second kappa shape index (κ2) is 26.9. The fourth-order valence-electron chi connectivity index (χ4n) is 3.48. The van der Waals surface area contributed by atoms with Crippen LogP contribution in [0.3, 0.4) is 0 Å². The van der Waals surface area contributed by atoms with Crippen LogP contribution in [0.25, 0.3) is 0 Å². The lowest BCUT2D eigenvalue weighted by Gasteiger charge is -2.27. The van der Waals surface area contributed by atoms with Crippen LogP contribution >= 0.6 is 0 Å². The standard InChI is InChI=1S/2C9H22O3Si.C6H16O3Si/c2*1-5-9-13(10-6-2,11-7-3)12-8-4;1-5-6-10(7-2,8-3)9-4/h2*5-9H2,1-4H3;5-6H2,1-4H3. The minimum atomic E-state index is -2.30. The Kier molecular flexibility index (Phi) is 30.5. The Morgan fingerprint density at radius 3 is 0.639 bits per heavy atom. The molecule has 0 saturated carbocycles. The van der Waals surface area contributed by atoms with Gasteiger partial charge < -0.3 is 39.8 Å². The van der Waals surface area contributed by atoms with Crippen molar-refractivity contribution in [3.63, 3.8) is 0 Å². The largest absolute Gasteiger partial charge is 0.500 e. The van der Waals surface area contributed by atoms with Crippen molar-refractivity contribution in [3.05, 3.63) is 0 Å². The van der Waals surface area contributed by atoms with Gasteiger partial charge in [-0.2, -0.15) is 0 Å². The highest BCUT2D eigenvalue weighted by Gasteiger charge is 2.40. The third-order valence-corrected chi connectivity index (χ3v) is 14.4. The second-order valence-electron chi connectivity index (χ2n) is 7.51. The molecule has 0 fully saturated rings. The van der Waals surface area contributed by atoms with Gasteiger partial charge in [-0.1, -0.05) is 40.0 Å². The van der Waals surface area contributed by atoms with Crippen molar-refractivity contribution in [2.75, 3.05) is 61.0 Å². The SMILES string of the molecule is CCC[Si](OC)(OC)OC.CCC[Si](OCC)(OCC)OCC.CCC[Si](OCC)(OCC)OCC. The highest BCUT2D eigenvalue weighted by atomic mass is 28.4. The van der Waals surface area contributed by atoms with Gasteiger partial charge in [0.25, 0.3) is 0 Å².